The number of nitrogens with zero attached hydrogens (tertiary/aromatic N) is 1. The Balaban J connectivity index is 2.36. The van der Waals surface area contributed by atoms with Gasteiger partial charge in [0.2, 0.25) is 0 Å². The molecule has 0 atom stereocenters. The average Bonchev–Trinajstić information content (AvgIpc) is 2.52. The van der Waals surface area contributed by atoms with Crippen LogP contribution in [0, 0.1) is 0 Å². The van der Waals surface area contributed by atoms with E-state index < -0.39 is 0 Å². The minimum absolute atomic E-state index is 0.886. The number of alkyl halides is 1. The van der Waals surface area contributed by atoms with E-state index in [0.29, 0.717) is 0 Å². The van der Waals surface area contributed by atoms with Crippen LogP contribution in [0.4, 0.5) is 0 Å². The first kappa shape index (κ1) is 13.5. The van der Waals surface area contributed by atoms with E-state index in [4.69, 9.17) is 0 Å². The molecular weight excluding hydrogens is 250 g/mol. The highest BCUT2D eigenvalue weighted by Crippen LogP contribution is 2.22. The van der Waals surface area contributed by atoms with Crippen molar-refractivity contribution in [2.45, 2.75) is 64.3 Å². The predicted molar refractivity (Wildman–Crippen MR) is 71.8 cm³/mol. The Labute approximate surface area is 104 Å². The summed E-state index contributed by atoms with van der Waals surface area (Å²) in [5.74, 6) is 0. The first-order valence-electron chi connectivity index (χ1n) is 6.68. The average molecular weight is 276 g/mol. The monoisotopic (exact) mass is 275 g/mol. The summed E-state index contributed by atoms with van der Waals surface area (Å²) in [6.45, 7) is 4.84. The van der Waals surface area contributed by atoms with Crippen molar-refractivity contribution >= 4 is 15.9 Å². The quantitative estimate of drug-likeness (QED) is 0.519. The van der Waals surface area contributed by atoms with Crippen molar-refractivity contribution in [2.24, 2.45) is 0 Å². The molecule has 0 spiro atoms. The van der Waals surface area contributed by atoms with Gasteiger partial charge in [-0.05, 0) is 25.8 Å². The van der Waals surface area contributed by atoms with E-state index in [-0.39, 0.29) is 0 Å². The zero-order valence-corrected chi connectivity index (χ0v) is 11.8. The van der Waals surface area contributed by atoms with Gasteiger partial charge in [-0.1, -0.05) is 55.0 Å². The van der Waals surface area contributed by atoms with Gasteiger partial charge in [0.1, 0.15) is 0 Å². The van der Waals surface area contributed by atoms with Gasteiger partial charge in [0.15, 0.2) is 0 Å². The Kier molecular flexibility index (Phi) is 7.72. The molecule has 0 amide bonds. The summed E-state index contributed by atoms with van der Waals surface area (Å²) >= 11 is 3.59. The van der Waals surface area contributed by atoms with Crippen LogP contribution in [0.3, 0.4) is 0 Å². The fourth-order valence-corrected chi connectivity index (χ4v) is 3.03. The number of unbranched alkanes of at least 4 members (excludes halogenated alkanes) is 1. The van der Waals surface area contributed by atoms with Crippen LogP contribution in [0.15, 0.2) is 0 Å². The highest BCUT2D eigenvalue weighted by Gasteiger charge is 2.18. The Hall–Kier alpha value is 0.440. The minimum atomic E-state index is 0.886. The third kappa shape index (κ3) is 5.35. The SMILES string of the molecule is CCCCN(CCBr)C1CCCCCC1. The molecule has 1 rings (SSSR count). The molecule has 0 aliphatic heterocycles. The number of hydrogen-bond acceptors (Lipinski definition) is 1. The standard InChI is InChI=1S/C13H26BrN/c1-2-3-11-15(12-10-14)13-8-6-4-5-7-9-13/h13H,2-12H2,1H3. The van der Waals surface area contributed by atoms with Crippen molar-refractivity contribution in [1.82, 2.24) is 4.90 Å². The first-order valence-corrected chi connectivity index (χ1v) is 7.80. The maximum absolute atomic E-state index is 3.59. The summed E-state index contributed by atoms with van der Waals surface area (Å²) in [4.78, 5) is 2.73. The molecule has 0 unspecified atom stereocenters. The van der Waals surface area contributed by atoms with Crippen LogP contribution in [0.5, 0.6) is 0 Å². The van der Waals surface area contributed by atoms with Gasteiger partial charge in [-0.2, -0.15) is 0 Å². The van der Waals surface area contributed by atoms with Gasteiger partial charge in [0.05, 0.1) is 0 Å². The molecule has 1 aliphatic carbocycles. The van der Waals surface area contributed by atoms with Crippen LogP contribution < -0.4 is 0 Å². The molecular formula is C13H26BrN. The van der Waals surface area contributed by atoms with Gasteiger partial charge in [-0.25, -0.2) is 0 Å². The lowest BCUT2D eigenvalue weighted by Gasteiger charge is -2.30. The Morgan fingerprint density at radius 1 is 1.07 bits per heavy atom. The smallest absolute Gasteiger partial charge is 0.0159 e. The molecule has 2 heteroatoms. The van der Waals surface area contributed by atoms with Gasteiger partial charge in [-0.15, -0.1) is 0 Å². The lowest BCUT2D eigenvalue weighted by atomic mass is 10.1. The third-order valence-electron chi connectivity index (χ3n) is 3.51. The third-order valence-corrected chi connectivity index (χ3v) is 3.87. The lowest BCUT2D eigenvalue weighted by molar-refractivity contribution is 0.187. The Morgan fingerprint density at radius 3 is 2.27 bits per heavy atom. The molecule has 1 nitrogen and oxygen atoms in total. The fraction of sp³-hybridized carbons (Fsp3) is 1.00. The number of halogens is 1. The largest absolute Gasteiger partial charge is 0.300 e. The predicted octanol–water partition coefficient (Wildman–Crippen LogP) is 4.21. The second kappa shape index (κ2) is 8.58. The zero-order chi connectivity index (χ0) is 10.9. The molecule has 1 saturated carbocycles. The van der Waals surface area contributed by atoms with E-state index in [0.717, 1.165) is 11.4 Å². The summed E-state index contributed by atoms with van der Waals surface area (Å²) in [6.07, 6.45) is 11.4. The Morgan fingerprint density at radius 2 is 1.73 bits per heavy atom. The minimum Gasteiger partial charge on any atom is -0.300 e. The van der Waals surface area contributed by atoms with Crippen LogP contribution >= 0.6 is 15.9 Å². The molecule has 0 aromatic carbocycles. The maximum Gasteiger partial charge on any atom is 0.0159 e. The van der Waals surface area contributed by atoms with E-state index in [1.807, 2.05) is 0 Å². The molecule has 0 saturated heterocycles. The van der Waals surface area contributed by atoms with Gasteiger partial charge >= 0.3 is 0 Å². The molecule has 0 N–H and O–H groups in total. The van der Waals surface area contributed by atoms with E-state index in [2.05, 4.69) is 27.8 Å². The van der Waals surface area contributed by atoms with Crippen molar-refractivity contribution < 1.29 is 0 Å². The highest BCUT2D eigenvalue weighted by molar-refractivity contribution is 9.09. The first-order chi connectivity index (χ1) is 7.38. The Bertz CT molecular complexity index is 141. The molecule has 1 aliphatic rings. The van der Waals surface area contributed by atoms with Crippen molar-refractivity contribution in [3.8, 4) is 0 Å². The molecule has 15 heavy (non-hydrogen) atoms. The van der Waals surface area contributed by atoms with Crippen LogP contribution in [0.2, 0.25) is 0 Å². The van der Waals surface area contributed by atoms with Gasteiger partial charge in [-0.3, -0.25) is 4.90 Å². The summed E-state index contributed by atoms with van der Waals surface area (Å²) in [5, 5.41) is 1.13. The van der Waals surface area contributed by atoms with Crippen molar-refractivity contribution in [1.29, 1.82) is 0 Å². The number of rotatable bonds is 6. The van der Waals surface area contributed by atoms with Crippen molar-refractivity contribution in [2.75, 3.05) is 18.4 Å². The molecule has 0 bridgehead atoms. The van der Waals surface area contributed by atoms with E-state index in [9.17, 15) is 0 Å². The summed E-state index contributed by atoms with van der Waals surface area (Å²) in [7, 11) is 0. The summed E-state index contributed by atoms with van der Waals surface area (Å²) in [5.41, 5.74) is 0. The molecule has 0 radical (unpaired) electrons. The zero-order valence-electron chi connectivity index (χ0n) is 10.2. The van der Waals surface area contributed by atoms with Crippen molar-refractivity contribution in [3.05, 3.63) is 0 Å². The molecule has 0 heterocycles. The normalized spacial score (nSPS) is 19.4. The molecule has 0 aromatic rings. The summed E-state index contributed by atoms with van der Waals surface area (Å²) < 4.78 is 0. The fourth-order valence-electron chi connectivity index (χ4n) is 2.57. The molecule has 0 aromatic heterocycles. The number of hydrogen-bond donors (Lipinski definition) is 0. The van der Waals surface area contributed by atoms with Crippen molar-refractivity contribution in [3.63, 3.8) is 0 Å². The van der Waals surface area contributed by atoms with E-state index in [1.165, 1.54) is 64.5 Å². The molecule has 90 valence electrons. The van der Waals surface area contributed by atoms with E-state index in [1.54, 1.807) is 0 Å². The van der Waals surface area contributed by atoms with Crippen LogP contribution in [0.25, 0.3) is 0 Å². The van der Waals surface area contributed by atoms with Crippen LogP contribution in [0.1, 0.15) is 58.3 Å². The maximum atomic E-state index is 3.59. The van der Waals surface area contributed by atoms with E-state index >= 15 is 0 Å². The second-order valence-corrected chi connectivity index (χ2v) is 5.52. The highest BCUT2D eigenvalue weighted by atomic mass is 79.9. The van der Waals surface area contributed by atoms with Gasteiger partial charge in [0.25, 0.3) is 0 Å². The van der Waals surface area contributed by atoms with Gasteiger partial charge in [0, 0.05) is 17.9 Å². The van der Waals surface area contributed by atoms with Crippen LogP contribution in [-0.2, 0) is 0 Å². The van der Waals surface area contributed by atoms with Gasteiger partial charge < -0.3 is 0 Å². The molecule has 1 fully saturated rings. The summed E-state index contributed by atoms with van der Waals surface area (Å²) in [6, 6.07) is 0.886. The topological polar surface area (TPSA) is 3.24 Å². The second-order valence-electron chi connectivity index (χ2n) is 4.72. The van der Waals surface area contributed by atoms with Crippen LogP contribution in [-0.4, -0.2) is 29.4 Å². The lowest BCUT2D eigenvalue weighted by Crippen LogP contribution is -2.37.